The summed E-state index contributed by atoms with van der Waals surface area (Å²) in [5.41, 5.74) is 24.6. The summed E-state index contributed by atoms with van der Waals surface area (Å²) in [6.45, 7) is 0. The summed E-state index contributed by atoms with van der Waals surface area (Å²) >= 11 is 0. The van der Waals surface area contributed by atoms with Crippen LogP contribution in [0.1, 0.15) is 22.3 Å². The molecule has 262 valence electrons. The molecule has 0 bridgehead atoms. The minimum atomic E-state index is -0.427. The van der Waals surface area contributed by atoms with E-state index in [2.05, 4.69) is 127 Å². The van der Waals surface area contributed by atoms with Gasteiger partial charge in [-0.05, 0) is 85.5 Å². The summed E-state index contributed by atoms with van der Waals surface area (Å²) in [6, 6.07) is 68.5. The number of rotatable bonds is 5. The standard InChI is InChI=1S/C52H34N4/c53-47-27-13-26-46-48(47)42-32-38(28-29-45(42)52(46)43-24-9-7-22-40(43)41-23-8-10-25-44(41)52)36-19-11-18-35(30-36)37-20-12-21-39(31-37)51-55-49(33-14-3-1-4-15-33)54-50(56-51)34-16-5-2-6-17-34/h1-32H,53H2. The predicted molar refractivity (Wildman–Crippen MR) is 228 cm³/mol. The Balaban J connectivity index is 1.02. The van der Waals surface area contributed by atoms with Gasteiger partial charge in [-0.3, -0.25) is 0 Å². The second-order valence-corrected chi connectivity index (χ2v) is 14.6. The zero-order valence-corrected chi connectivity index (χ0v) is 30.4. The van der Waals surface area contributed by atoms with E-state index in [1.807, 2.05) is 66.7 Å². The van der Waals surface area contributed by atoms with E-state index in [4.69, 9.17) is 20.7 Å². The lowest BCUT2D eigenvalue weighted by atomic mass is 9.70. The average Bonchev–Trinajstić information content (AvgIpc) is 3.75. The van der Waals surface area contributed by atoms with Gasteiger partial charge in [0.25, 0.3) is 0 Å². The van der Waals surface area contributed by atoms with Crippen molar-refractivity contribution in [1.29, 1.82) is 0 Å². The van der Waals surface area contributed by atoms with E-state index in [9.17, 15) is 0 Å². The van der Waals surface area contributed by atoms with E-state index in [-0.39, 0.29) is 0 Å². The van der Waals surface area contributed by atoms with Gasteiger partial charge in [0.2, 0.25) is 0 Å². The fraction of sp³-hybridized carbons (Fsp3) is 0.0192. The molecule has 4 heteroatoms. The molecule has 8 aromatic carbocycles. The van der Waals surface area contributed by atoms with Crippen LogP contribution in [0.2, 0.25) is 0 Å². The number of nitrogens with two attached hydrogens (primary N) is 1. The van der Waals surface area contributed by atoms with Crippen LogP contribution in [0.25, 0.3) is 78.7 Å². The Labute approximate surface area is 325 Å². The molecule has 0 fully saturated rings. The van der Waals surface area contributed by atoms with Gasteiger partial charge in [0.05, 0.1) is 5.41 Å². The molecule has 0 aliphatic heterocycles. The Morgan fingerprint density at radius 1 is 0.304 bits per heavy atom. The highest BCUT2D eigenvalue weighted by molar-refractivity contribution is 5.99. The van der Waals surface area contributed by atoms with Crippen LogP contribution in [0.4, 0.5) is 5.69 Å². The molecule has 2 aliphatic rings. The Kier molecular flexibility index (Phi) is 7.20. The van der Waals surface area contributed by atoms with Crippen LogP contribution in [-0.4, -0.2) is 15.0 Å². The van der Waals surface area contributed by atoms with Crippen LogP contribution < -0.4 is 5.73 Å². The maximum Gasteiger partial charge on any atom is 0.164 e. The molecule has 1 heterocycles. The van der Waals surface area contributed by atoms with Crippen molar-refractivity contribution in [3.8, 4) is 78.7 Å². The lowest BCUT2D eigenvalue weighted by molar-refractivity contribution is 0.794. The van der Waals surface area contributed by atoms with Gasteiger partial charge in [-0.25, -0.2) is 15.0 Å². The fourth-order valence-corrected chi connectivity index (χ4v) is 9.06. The molecule has 9 aromatic rings. The summed E-state index contributed by atoms with van der Waals surface area (Å²) < 4.78 is 0. The second kappa shape index (κ2) is 12.6. The first-order chi connectivity index (χ1) is 27.7. The van der Waals surface area contributed by atoms with Crippen LogP contribution in [0.3, 0.4) is 0 Å². The molecule has 0 amide bonds. The van der Waals surface area contributed by atoms with E-state index in [1.165, 1.54) is 38.9 Å². The smallest absolute Gasteiger partial charge is 0.164 e. The molecule has 4 nitrogen and oxygen atoms in total. The van der Waals surface area contributed by atoms with Crippen molar-refractivity contribution in [3.63, 3.8) is 0 Å². The van der Waals surface area contributed by atoms with E-state index < -0.39 is 5.41 Å². The van der Waals surface area contributed by atoms with Crippen molar-refractivity contribution >= 4 is 5.69 Å². The van der Waals surface area contributed by atoms with Crippen molar-refractivity contribution in [2.75, 3.05) is 5.73 Å². The molecule has 0 atom stereocenters. The van der Waals surface area contributed by atoms with Crippen molar-refractivity contribution < 1.29 is 0 Å². The number of benzene rings is 8. The lowest BCUT2D eigenvalue weighted by Gasteiger charge is -2.30. The minimum absolute atomic E-state index is 0.427. The van der Waals surface area contributed by atoms with E-state index in [0.717, 1.165) is 50.2 Å². The highest BCUT2D eigenvalue weighted by Gasteiger charge is 2.52. The first-order valence-electron chi connectivity index (χ1n) is 19.0. The number of fused-ring (bicyclic) bond motifs is 10. The van der Waals surface area contributed by atoms with Crippen LogP contribution in [0.5, 0.6) is 0 Å². The Morgan fingerprint density at radius 3 is 1.30 bits per heavy atom. The molecular formula is C52H34N4. The van der Waals surface area contributed by atoms with Gasteiger partial charge in [-0.15, -0.1) is 0 Å². The Hall–Kier alpha value is -7.43. The topological polar surface area (TPSA) is 64.7 Å². The van der Waals surface area contributed by atoms with Gasteiger partial charge >= 0.3 is 0 Å². The number of hydrogen-bond acceptors (Lipinski definition) is 4. The lowest BCUT2D eigenvalue weighted by Crippen LogP contribution is -2.25. The molecule has 2 aliphatic carbocycles. The van der Waals surface area contributed by atoms with Crippen molar-refractivity contribution in [2.24, 2.45) is 0 Å². The van der Waals surface area contributed by atoms with Gasteiger partial charge in [0.1, 0.15) is 0 Å². The number of hydrogen-bond donors (Lipinski definition) is 1. The highest BCUT2D eigenvalue weighted by atomic mass is 15.0. The van der Waals surface area contributed by atoms with E-state index in [0.29, 0.717) is 17.5 Å². The zero-order chi connectivity index (χ0) is 37.2. The van der Waals surface area contributed by atoms with Crippen molar-refractivity contribution in [2.45, 2.75) is 5.41 Å². The Morgan fingerprint density at radius 2 is 0.714 bits per heavy atom. The predicted octanol–water partition coefficient (Wildman–Crippen LogP) is 12.1. The van der Waals surface area contributed by atoms with E-state index in [1.54, 1.807) is 0 Å². The quantitative estimate of drug-likeness (QED) is 0.180. The monoisotopic (exact) mass is 714 g/mol. The highest BCUT2D eigenvalue weighted by Crippen LogP contribution is 2.63. The minimum Gasteiger partial charge on any atom is -0.398 e. The van der Waals surface area contributed by atoms with Crippen LogP contribution >= 0.6 is 0 Å². The molecule has 0 radical (unpaired) electrons. The molecule has 2 N–H and O–H groups in total. The summed E-state index contributed by atoms with van der Waals surface area (Å²) in [5, 5.41) is 0. The fourth-order valence-electron chi connectivity index (χ4n) is 9.06. The first-order valence-corrected chi connectivity index (χ1v) is 19.0. The van der Waals surface area contributed by atoms with Crippen molar-refractivity contribution in [3.05, 3.63) is 216 Å². The molecule has 1 aromatic heterocycles. The Bertz CT molecular complexity index is 2880. The molecular weight excluding hydrogens is 681 g/mol. The summed E-state index contributed by atoms with van der Waals surface area (Å²) in [4.78, 5) is 14.9. The summed E-state index contributed by atoms with van der Waals surface area (Å²) in [5.74, 6) is 1.92. The first kappa shape index (κ1) is 32.0. The molecule has 11 rings (SSSR count). The third kappa shape index (κ3) is 4.83. The third-order valence-electron chi connectivity index (χ3n) is 11.5. The number of nitrogens with zero attached hydrogens (tertiary/aromatic N) is 3. The van der Waals surface area contributed by atoms with Crippen LogP contribution in [-0.2, 0) is 5.41 Å². The molecule has 0 unspecified atom stereocenters. The van der Waals surface area contributed by atoms with Gasteiger partial charge in [0, 0.05) is 27.9 Å². The van der Waals surface area contributed by atoms with E-state index >= 15 is 0 Å². The van der Waals surface area contributed by atoms with Gasteiger partial charge < -0.3 is 5.73 Å². The second-order valence-electron chi connectivity index (χ2n) is 14.6. The number of aromatic nitrogens is 3. The number of anilines is 1. The third-order valence-corrected chi connectivity index (χ3v) is 11.5. The molecule has 56 heavy (non-hydrogen) atoms. The van der Waals surface area contributed by atoms with Gasteiger partial charge in [0.15, 0.2) is 17.5 Å². The molecule has 0 saturated heterocycles. The largest absolute Gasteiger partial charge is 0.398 e. The summed E-state index contributed by atoms with van der Waals surface area (Å²) in [7, 11) is 0. The molecule has 1 spiro atoms. The van der Waals surface area contributed by atoms with Crippen LogP contribution in [0.15, 0.2) is 194 Å². The van der Waals surface area contributed by atoms with Gasteiger partial charge in [-0.2, -0.15) is 0 Å². The SMILES string of the molecule is Nc1cccc2c1-c1cc(-c3cccc(-c4cccc(-c5nc(-c6ccccc6)nc(-c6ccccc6)n5)c4)c3)ccc1C21c2ccccc2-c2ccccc21. The van der Waals surface area contributed by atoms with Crippen LogP contribution in [0, 0.1) is 0 Å². The number of nitrogen functional groups attached to an aromatic ring is 1. The summed E-state index contributed by atoms with van der Waals surface area (Å²) in [6.07, 6.45) is 0. The maximum absolute atomic E-state index is 6.90. The maximum atomic E-state index is 6.90. The normalized spacial score (nSPS) is 12.9. The molecule has 0 saturated carbocycles. The zero-order valence-electron chi connectivity index (χ0n) is 30.4. The van der Waals surface area contributed by atoms with Crippen molar-refractivity contribution in [1.82, 2.24) is 15.0 Å². The average molecular weight is 715 g/mol. The van der Waals surface area contributed by atoms with Gasteiger partial charge in [-0.1, -0.05) is 170 Å².